The van der Waals surface area contributed by atoms with Gasteiger partial charge in [-0.05, 0) is 56.1 Å². The highest BCUT2D eigenvalue weighted by Gasteiger charge is 2.28. The highest BCUT2D eigenvalue weighted by atomic mass is 16.1. The molecule has 1 atom stereocenters. The Kier molecular flexibility index (Phi) is 9.71. The van der Waals surface area contributed by atoms with Gasteiger partial charge in [-0.25, -0.2) is 5.10 Å². The highest BCUT2D eigenvalue weighted by molar-refractivity contribution is 5.50. The standard InChI is InChI=1S/C14H21N3O.C8H9N.C2H5N/c1-10-13(8-15-16-14(10)18)17-6-5-12(9-17)7-11-3-2-4-11;1-2-9-8-6-4-3-5-7-8;1-2-3/h8,11-12H,2-7,9H2,1H3,(H,16,18);2-7,9H,1H2;2H,1,3H2. The molecule has 2 aliphatic rings. The van der Waals surface area contributed by atoms with Crippen LogP contribution in [-0.2, 0) is 0 Å². The van der Waals surface area contributed by atoms with Crippen molar-refractivity contribution in [3.8, 4) is 0 Å². The average Bonchev–Trinajstić information content (AvgIpc) is 3.18. The van der Waals surface area contributed by atoms with Crippen molar-refractivity contribution >= 4 is 11.4 Å². The lowest BCUT2D eigenvalue weighted by Gasteiger charge is -2.28. The van der Waals surface area contributed by atoms with E-state index >= 15 is 0 Å². The molecule has 2 aromatic rings. The lowest BCUT2D eigenvalue weighted by atomic mass is 9.79. The molecule has 6 heteroatoms. The van der Waals surface area contributed by atoms with E-state index in [9.17, 15) is 4.79 Å². The maximum absolute atomic E-state index is 11.6. The topological polar surface area (TPSA) is 87.0 Å². The van der Waals surface area contributed by atoms with Crippen molar-refractivity contribution in [2.45, 2.75) is 39.0 Å². The second-order valence-electron chi connectivity index (χ2n) is 7.79. The molecule has 4 N–H and O–H groups in total. The van der Waals surface area contributed by atoms with Gasteiger partial charge in [0, 0.05) is 24.3 Å². The van der Waals surface area contributed by atoms with Gasteiger partial charge in [-0.3, -0.25) is 4.79 Å². The van der Waals surface area contributed by atoms with Crippen molar-refractivity contribution in [1.82, 2.24) is 10.2 Å². The second kappa shape index (κ2) is 12.5. The minimum atomic E-state index is -0.0602. The number of benzene rings is 1. The number of hydrogen-bond acceptors (Lipinski definition) is 5. The van der Waals surface area contributed by atoms with Crippen molar-refractivity contribution in [2.75, 3.05) is 23.3 Å². The summed E-state index contributed by atoms with van der Waals surface area (Å²) >= 11 is 0. The van der Waals surface area contributed by atoms with Crippen LogP contribution in [0.25, 0.3) is 0 Å². The van der Waals surface area contributed by atoms with Crippen LogP contribution in [0.4, 0.5) is 11.4 Å². The molecule has 2 heterocycles. The number of para-hydroxylation sites is 1. The molecule has 0 spiro atoms. The minimum absolute atomic E-state index is 0.0602. The quantitative estimate of drug-likeness (QED) is 0.680. The van der Waals surface area contributed by atoms with E-state index in [1.807, 2.05) is 37.3 Å². The highest BCUT2D eigenvalue weighted by Crippen LogP contribution is 2.36. The van der Waals surface area contributed by atoms with E-state index in [0.29, 0.717) is 0 Å². The second-order valence-corrected chi connectivity index (χ2v) is 7.79. The summed E-state index contributed by atoms with van der Waals surface area (Å²) in [5.74, 6) is 1.79. The molecule has 1 aliphatic carbocycles. The first-order valence-electron chi connectivity index (χ1n) is 10.6. The van der Waals surface area contributed by atoms with Crippen molar-refractivity contribution < 1.29 is 0 Å². The van der Waals surface area contributed by atoms with Crippen LogP contribution in [0, 0.1) is 18.8 Å². The zero-order chi connectivity index (χ0) is 21.8. The summed E-state index contributed by atoms with van der Waals surface area (Å²) in [4.78, 5) is 13.9. The summed E-state index contributed by atoms with van der Waals surface area (Å²) in [6.07, 6.45) is 11.6. The van der Waals surface area contributed by atoms with E-state index < -0.39 is 0 Å². The molecule has 1 saturated heterocycles. The van der Waals surface area contributed by atoms with E-state index in [-0.39, 0.29) is 5.56 Å². The van der Waals surface area contributed by atoms with Gasteiger partial charge in [0.15, 0.2) is 0 Å². The van der Waals surface area contributed by atoms with Crippen LogP contribution in [0.1, 0.15) is 37.7 Å². The van der Waals surface area contributed by atoms with Gasteiger partial charge in [0.1, 0.15) is 0 Å². The van der Waals surface area contributed by atoms with Crippen LogP contribution < -0.4 is 21.5 Å². The molecule has 6 nitrogen and oxygen atoms in total. The summed E-state index contributed by atoms with van der Waals surface area (Å²) in [6.45, 7) is 10.7. The normalized spacial score (nSPS) is 17.5. The Labute approximate surface area is 179 Å². The first kappa shape index (κ1) is 23.3. The van der Waals surface area contributed by atoms with Crippen molar-refractivity contribution in [3.05, 3.63) is 78.0 Å². The Hall–Kier alpha value is -3.02. The molecule has 0 amide bonds. The van der Waals surface area contributed by atoms with Gasteiger partial charge in [-0.15, -0.1) is 0 Å². The van der Waals surface area contributed by atoms with Gasteiger partial charge in [-0.1, -0.05) is 50.6 Å². The van der Waals surface area contributed by atoms with Crippen molar-refractivity contribution in [1.29, 1.82) is 0 Å². The molecule has 1 aromatic carbocycles. The smallest absolute Gasteiger partial charge is 0.269 e. The zero-order valence-corrected chi connectivity index (χ0v) is 18.0. The molecule has 1 unspecified atom stereocenters. The SMILES string of the molecule is C=CN.C=CNc1ccccc1.Cc1c(N2CCC(CC3CCC3)C2)cn[nH]c1=O. The van der Waals surface area contributed by atoms with Crippen LogP contribution in [0.5, 0.6) is 0 Å². The van der Waals surface area contributed by atoms with Crippen LogP contribution in [-0.4, -0.2) is 23.3 Å². The molecule has 2 fully saturated rings. The number of H-pyrrole nitrogens is 1. The number of hydrogen-bond donors (Lipinski definition) is 3. The van der Waals surface area contributed by atoms with Crippen LogP contribution in [0.15, 0.2) is 66.9 Å². The Balaban J connectivity index is 0.000000224. The first-order chi connectivity index (χ1) is 14.6. The predicted octanol–water partition coefficient (Wildman–Crippen LogP) is 4.43. The third kappa shape index (κ3) is 7.10. The van der Waals surface area contributed by atoms with Crippen LogP contribution in [0.2, 0.25) is 0 Å². The lowest BCUT2D eigenvalue weighted by molar-refractivity contribution is 0.257. The van der Waals surface area contributed by atoms with Gasteiger partial charge in [-0.2, -0.15) is 5.10 Å². The molecular formula is C24H35N5O. The molecule has 30 heavy (non-hydrogen) atoms. The lowest BCUT2D eigenvalue weighted by Crippen LogP contribution is -2.25. The van der Waals surface area contributed by atoms with Gasteiger partial charge in [0.2, 0.25) is 0 Å². The average molecular weight is 410 g/mol. The van der Waals surface area contributed by atoms with E-state index in [0.717, 1.165) is 41.9 Å². The van der Waals surface area contributed by atoms with Crippen LogP contribution in [0.3, 0.4) is 0 Å². The van der Waals surface area contributed by atoms with Crippen molar-refractivity contribution in [2.24, 2.45) is 17.6 Å². The summed E-state index contributed by atoms with van der Waals surface area (Å²) in [6, 6.07) is 9.91. The van der Waals surface area contributed by atoms with Gasteiger partial charge in [0.05, 0.1) is 11.9 Å². The number of anilines is 2. The summed E-state index contributed by atoms with van der Waals surface area (Å²) in [7, 11) is 0. The Morgan fingerprint density at radius 3 is 2.53 bits per heavy atom. The molecule has 162 valence electrons. The van der Waals surface area contributed by atoms with E-state index in [4.69, 9.17) is 0 Å². The van der Waals surface area contributed by atoms with Gasteiger partial charge in [0.25, 0.3) is 5.56 Å². The number of rotatable bonds is 5. The number of aromatic amines is 1. The van der Waals surface area contributed by atoms with E-state index in [1.165, 1.54) is 38.3 Å². The van der Waals surface area contributed by atoms with E-state index in [2.05, 4.69) is 39.3 Å². The maximum Gasteiger partial charge on any atom is 0.269 e. The molecule has 0 radical (unpaired) electrons. The minimum Gasteiger partial charge on any atom is -0.405 e. The van der Waals surface area contributed by atoms with Crippen LogP contribution >= 0.6 is 0 Å². The van der Waals surface area contributed by atoms with E-state index in [1.54, 1.807) is 12.4 Å². The zero-order valence-electron chi connectivity index (χ0n) is 18.0. The molecule has 1 aliphatic heterocycles. The predicted molar refractivity (Wildman–Crippen MR) is 127 cm³/mol. The monoisotopic (exact) mass is 409 g/mol. The largest absolute Gasteiger partial charge is 0.405 e. The molecule has 4 rings (SSSR count). The fourth-order valence-corrected chi connectivity index (χ4v) is 3.86. The maximum atomic E-state index is 11.6. The van der Waals surface area contributed by atoms with Crippen molar-refractivity contribution in [3.63, 3.8) is 0 Å². The number of aromatic nitrogens is 2. The summed E-state index contributed by atoms with van der Waals surface area (Å²) in [5.41, 5.74) is 7.45. The summed E-state index contributed by atoms with van der Waals surface area (Å²) in [5, 5.41) is 9.39. The number of nitrogens with two attached hydrogens (primary N) is 1. The molecule has 0 bridgehead atoms. The Morgan fingerprint density at radius 2 is 1.93 bits per heavy atom. The fourth-order valence-electron chi connectivity index (χ4n) is 3.86. The molecule has 1 saturated carbocycles. The fraction of sp³-hybridized carbons (Fsp3) is 0.417. The first-order valence-corrected chi connectivity index (χ1v) is 10.6. The Morgan fingerprint density at radius 1 is 1.23 bits per heavy atom. The third-order valence-corrected chi connectivity index (χ3v) is 5.64. The van der Waals surface area contributed by atoms with Gasteiger partial charge >= 0.3 is 0 Å². The number of nitrogens with zero attached hydrogens (tertiary/aromatic N) is 2. The molecule has 1 aromatic heterocycles. The summed E-state index contributed by atoms with van der Waals surface area (Å²) < 4.78 is 0. The molecular weight excluding hydrogens is 374 g/mol. The Bertz CT molecular complexity index is 829. The third-order valence-electron chi connectivity index (χ3n) is 5.64. The number of nitrogens with one attached hydrogen (secondary N) is 2. The van der Waals surface area contributed by atoms with Gasteiger partial charge < -0.3 is 16.0 Å².